The Morgan fingerprint density at radius 1 is 1.16 bits per heavy atom. The van der Waals surface area contributed by atoms with Crippen molar-refractivity contribution in [1.29, 1.82) is 5.26 Å². The molecule has 2 N–H and O–H groups in total. The topological polar surface area (TPSA) is 94.6 Å². The van der Waals surface area contributed by atoms with Crippen molar-refractivity contribution in [2.45, 2.75) is 26.4 Å². The van der Waals surface area contributed by atoms with E-state index in [2.05, 4.69) is 0 Å². The molecule has 2 aromatic rings. The maximum atomic E-state index is 12.6. The van der Waals surface area contributed by atoms with Crippen LogP contribution in [0.2, 0.25) is 15.1 Å². The minimum absolute atomic E-state index is 0.0703. The summed E-state index contributed by atoms with van der Waals surface area (Å²) in [6.07, 6.45) is 0. The number of benzene rings is 2. The van der Waals surface area contributed by atoms with Gasteiger partial charge in [0.2, 0.25) is 5.88 Å². The number of carbonyl (C=O) groups excluding carboxylic acids is 1. The van der Waals surface area contributed by atoms with Gasteiger partial charge < -0.3 is 19.9 Å². The number of nitriles is 1. The quantitative estimate of drug-likeness (QED) is 0.506. The standard InChI is InChI=1S/C23H19Cl3N2O4/c1-3-30-23(29)20-12(2)32-22(28)15(10-27)21(20)14-5-7-19(18(26)9-14)31-11-13-4-6-16(24)17(25)8-13/h4-9,21H,3,11,28H2,1-2H3. The highest BCUT2D eigenvalue weighted by atomic mass is 35.5. The molecule has 0 aliphatic carbocycles. The van der Waals surface area contributed by atoms with Crippen LogP contribution in [0.4, 0.5) is 0 Å². The first-order chi connectivity index (χ1) is 15.3. The number of rotatable bonds is 6. The first-order valence-electron chi connectivity index (χ1n) is 9.58. The van der Waals surface area contributed by atoms with Crippen LogP contribution in [0.5, 0.6) is 5.75 Å². The van der Waals surface area contributed by atoms with Crippen LogP contribution in [-0.2, 0) is 20.9 Å². The summed E-state index contributed by atoms with van der Waals surface area (Å²) in [6.45, 7) is 3.68. The van der Waals surface area contributed by atoms with Gasteiger partial charge in [-0.15, -0.1) is 0 Å². The Bertz CT molecular complexity index is 1170. The third-order valence-corrected chi connectivity index (χ3v) is 5.80. The Hall–Kier alpha value is -2.85. The van der Waals surface area contributed by atoms with E-state index in [0.29, 0.717) is 26.4 Å². The van der Waals surface area contributed by atoms with Crippen molar-refractivity contribution in [2.24, 2.45) is 5.73 Å². The summed E-state index contributed by atoms with van der Waals surface area (Å²) in [6, 6.07) is 12.2. The average molecular weight is 494 g/mol. The van der Waals surface area contributed by atoms with Crippen LogP contribution < -0.4 is 10.5 Å². The Morgan fingerprint density at radius 2 is 1.91 bits per heavy atom. The SMILES string of the molecule is CCOC(=O)C1=C(C)OC(N)=C(C#N)C1c1ccc(OCc2ccc(Cl)c(Cl)c2)c(Cl)c1. The second-order valence-corrected chi connectivity index (χ2v) is 8.06. The molecule has 166 valence electrons. The van der Waals surface area contributed by atoms with Crippen molar-refractivity contribution in [3.8, 4) is 11.8 Å². The maximum Gasteiger partial charge on any atom is 0.338 e. The number of allylic oxidation sites excluding steroid dienone is 2. The Kier molecular flexibility index (Phi) is 7.57. The molecule has 0 radical (unpaired) electrons. The molecule has 9 heteroatoms. The second-order valence-electron chi connectivity index (χ2n) is 6.84. The molecule has 1 aliphatic rings. The molecular weight excluding hydrogens is 475 g/mol. The number of halogens is 3. The van der Waals surface area contributed by atoms with E-state index in [4.69, 9.17) is 54.7 Å². The van der Waals surface area contributed by atoms with Gasteiger partial charge in [-0.2, -0.15) is 5.26 Å². The fraction of sp³-hybridized carbons (Fsp3) is 0.217. The Morgan fingerprint density at radius 3 is 2.53 bits per heavy atom. The lowest BCUT2D eigenvalue weighted by molar-refractivity contribution is -0.139. The lowest BCUT2D eigenvalue weighted by Gasteiger charge is -2.27. The van der Waals surface area contributed by atoms with Gasteiger partial charge in [0.1, 0.15) is 29.8 Å². The van der Waals surface area contributed by atoms with E-state index < -0.39 is 11.9 Å². The number of hydrogen-bond donors (Lipinski definition) is 1. The molecule has 0 amide bonds. The van der Waals surface area contributed by atoms with Crippen molar-refractivity contribution in [2.75, 3.05) is 6.61 Å². The second kappa shape index (κ2) is 10.2. The zero-order valence-corrected chi connectivity index (χ0v) is 19.5. The lowest BCUT2D eigenvalue weighted by atomic mass is 9.83. The summed E-state index contributed by atoms with van der Waals surface area (Å²) in [5.41, 5.74) is 7.59. The van der Waals surface area contributed by atoms with E-state index >= 15 is 0 Å². The molecule has 0 fully saturated rings. The van der Waals surface area contributed by atoms with Gasteiger partial charge in [-0.25, -0.2) is 4.79 Å². The minimum Gasteiger partial charge on any atom is -0.487 e. The first kappa shape index (κ1) is 23.8. The highest BCUT2D eigenvalue weighted by Gasteiger charge is 2.36. The molecule has 0 saturated carbocycles. The molecule has 0 spiro atoms. The fourth-order valence-corrected chi connectivity index (χ4v) is 3.86. The highest BCUT2D eigenvalue weighted by Crippen LogP contribution is 2.41. The Balaban J connectivity index is 1.92. The number of nitrogens with two attached hydrogens (primary N) is 1. The molecule has 6 nitrogen and oxygen atoms in total. The third-order valence-electron chi connectivity index (χ3n) is 4.77. The molecular formula is C23H19Cl3N2O4. The van der Waals surface area contributed by atoms with Crippen LogP contribution in [0.15, 0.2) is 59.2 Å². The number of hydrogen-bond acceptors (Lipinski definition) is 6. The van der Waals surface area contributed by atoms with Crippen LogP contribution >= 0.6 is 34.8 Å². The van der Waals surface area contributed by atoms with Crippen molar-refractivity contribution in [3.63, 3.8) is 0 Å². The Labute approximate surface area is 200 Å². The average Bonchev–Trinajstić information content (AvgIpc) is 2.74. The molecule has 0 saturated heterocycles. The largest absolute Gasteiger partial charge is 0.487 e. The van der Waals surface area contributed by atoms with E-state index in [1.165, 1.54) is 0 Å². The summed E-state index contributed by atoms with van der Waals surface area (Å²) in [7, 11) is 0. The summed E-state index contributed by atoms with van der Waals surface area (Å²) < 4.78 is 16.4. The van der Waals surface area contributed by atoms with Crippen LogP contribution in [0.1, 0.15) is 30.9 Å². The van der Waals surface area contributed by atoms with Gasteiger partial charge in [0.05, 0.1) is 33.2 Å². The summed E-state index contributed by atoms with van der Waals surface area (Å²) in [5.74, 6) is -0.761. The van der Waals surface area contributed by atoms with Gasteiger partial charge in [0.25, 0.3) is 0 Å². The summed E-state index contributed by atoms with van der Waals surface area (Å²) >= 11 is 18.4. The van der Waals surface area contributed by atoms with Gasteiger partial charge in [0.15, 0.2) is 0 Å². The molecule has 0 aromatic heterocycles. The van der Waals surface area contributed by atoms with Crippen molar-refractivity contribution in [3.05, 3.63) is 85.4 Å². The molecule has 1 atom stereocenters. The van der Waals surface area contributed by atoms with E-state index in [0.717, 1.165) is 5.56 Å². The minimum atomic E-state index is -0.783. The van der Waals surface area contributed by atoms with Gasteiger partial charge in [0, 0.05) is 0 Å². The zero-order valence-electron chi connectivity index (χ0n) is 17.2. The molecule has 32 heavy (non-hydrogen) atoms. The molecule has 2 aromatic carbocycles. The number of ether oxygens (including phenoxy) is 3. The number of nitrogens with zero attached hydrogens (tertiary/aromatic N) is 1. The van der Waals surface area contributed by atoms with Gasteiger partial charge in [-0.3, -0.25) is 0 Å². The van der Waals surface area contributed by atoms with Gasteiger partial charge in [-0.05, 0) is 49.2 Å². The normalized spacial score (nSPS) is 15.8. The molecule has 1 heterocycles. The van der Waals surface area contributed by atoms with Crippen molar-refractivity contribution >= 4 is 40.8 Å². The predicted molar refractivity (Wildman–Crippen MR) is 122 cm³/mol. The van der Waals surface area contributed by atoms with E-state index in [1.807, 2.05) is 6.07 Å². The van der Waals surface area contributed by atoms with Crippen molar-refractivity contribution < 1.29 is 19.0 Å². The number of esters is 1. The first-order valence-corrected chi connectivity index (χ1v) is 10.7. The molecule has 3 rings (SSSR count). The predicted octanol–water partition coefficient (Wildman–Crippen LogP) is 5.87. The highest BCUT2D eigenvalue weighted by molar-refractivity contribution is 6.42. The number of carbonyl (C=O) groups is 1. The van der Waals surface area contributed by atoms with Gasteiger partial charge >= 0.3 is 5.97 Å². The van der Waals surface area contributed by atoms with E-state index in [-0.39, 0.29) is 36.0 Å². The fourth-order valence-electron chi connectivity index (χ4n) is 3.29. The van der Waals surface area contributed by atoms with Crippen LogP contribution in [0.3, 0.4) is 0 Å². The summed E-state index contributed by atoms with van der Waals surface area (Å²) in [5, 5.41) is 10.8. The van der Waals surface area contributed by atoms with Crippen LogP contribution in [0, 0.1) is 11.3 Å². The van der Waals surface area contributed by atoms with Crippen molar-refractivity contribution in [1.82, 2.24) is 0 Å². The third kappa shape index (κ3) is 4.97. The van der Waals surface area contributed by atoms with E-state index in [9.17, 15) is 10.1 Å². The zero-order chi connectivity index (χ0) is 23.4. The summed E-state index contributed by atoms with van der Waals surface area (Å²) in [4.78, 5) is 12.6. The molecule has 1 unspecified atom stereocenters. The van der Waals surface area contributed by atoms with Crippen LogP contribution in [0.25, 0.3) is 0 Å². The van der Waals surface area contributed by atoms with E-state index in [1.54, 1.807) is 50.2 Å². The maximum absolute atomic E-state index is 12.6. The van der Waals surface area contributed by atoms with Gasteiger partial charge in [-0.1, -0.05) is 46.9 Å². The molecule has 0 bridgehead atoms. The molecule has 1 aliphatic heterocycles. The monoisotopic (exact) mass is 492 g/mol. The van der Waals surface area contributed by atoms with Crippen LogP contribution in [-0.4, -0.2) is 12.6 Å². The smallest absolute Gasteiger partial charge is 0.338 e. The lowest BCUT2D eigenvalue weighted by Crippen LogP contribution is -2.25.